The number of rotatable bonds is 7. The van der Waals surface area contributed by atoms with Gasteiger partial charge in [0.05, 0.1) is 24.2 Å². The van der Waals surface area contributed by atoms with Gasteiger partial charge in [0.15, 0.2) is 17.9 Å². The Bertz CT molecular complexity index is 1490. The van der Waals surface area contributed by atoms with Gasteiger partial charge in [-0.15, -0.1) is 0 Å². The quantitative estimate of drug-likeness (QED) is 0.163. The zero-order chi connectivity index (χ0) is 30.9. The molecule has 6 N–H and O–H groups in total. The number of fused-ring (bicyclic) bond motifs is 1. The number of nitrogens with one attached hydrogen (secondary N) is 2. The number of carboxylic acids is 2. The van der Waals surface area contributed by atoms with Gasteiger partial charge in [0.2, 0.25) is 5.91 Å². The van der Waals surface area contributed by atoms with Crippen molar-refractivity contribution in [1.29, 1.82) is 0 Å². The summed E-state index contributed by atoms with van der Waals surface area (Å²) in [5, 5.41) is 43.4. The van der Waals surface area contributed by atoms with E-state index in [1.165, 1.54) is 25.1 Å². The van der Waals surface area contributed by atoms with Gasteiger partial charge in [0.1, 0.15) is 17.2 Å². The maximum absolute atomic E-state index is 14.8. The average molecular weight is 587 g/mol. The second-order valence-electron chi connectivity index (χ2n) is 9.24. The number of likely N-dealkylation sites (N-methyl/N-ethyl adjacent to an activating group) is 1. The fourth-order valence-corrected chi connectivity index (χ4v) is 4.53. The second kappa shape index (κ2) is 11.7. The van der Waals surface area contributed by atoms with Crippen LogP contribution in [0.2, 0.25) is 0 Å². The topological polar surface area (TPSA) is 236 Å². The molecule has 4 rings (SSSR count). The molecule has 220 valence electrons. The van der Waals surface area contributed by atoms with E-state index in [0.717, 1.165) is 11.1 Å². The molecule has 2 aliphatic rings. The lowest BCUT2D eigenvalue weighted by molar-refractivity contribution is -0.162. The van der Waals surface area contributed by atoms with Gasteiger partial charge in [0.25, 0.3) is 0 Å². The Morgan fingerprint density at radius 1 is 1.21 bits per heavy atom. The number of carboxylic acid groups (broad SMARTS) is 2. The molecule has 2 aromatic rings. The van der Waals surface area contributed by atoms with E-state index in [1.54, 1.807) is 0 Å². The van der Waals surface area contributed by atoms with Gasteiger partial charge >= 0.3 is 36.9 Å². The van der Waals surface area contributed by atoms with E-state index in [2.05, 4.69) is 10.3 Å². The molecule has 0 radical (unpaired) electrons. The van der Waals surface area contributed by atoms with Gasteiger partial charge in [-0.1, -0.05) is 12.1 Å². The molecule has 18 heteroatoms. The number of pyridine rings is 1. The molecule has 0 bridgehead atoms. The number of imide groups is 1. The molecular formula is C24H23BFN5O11. The average Bonchev–Trinajstić information content (AvgIpc) is 2.93. The minimum Gasteiger partial charge on any atom is -0.534 e. The van der Waals surface area contributed by atoms with Crippen LogP contribution in [-0.2, 0) is 25.6 Å². The predicted octanol–water partition coefficient (Wildman–Crippen LogP) is -1.34. The molecule has 16 nitrogen and oxygen atoms in total. The van der Waals surface area contributed by atoms with E-state index < -0.39 is 84.6 Å². The molecule has 3 heterocycles. The maximum atomic E-state index is 14.8. The minimum absolute atomic E-state index is 0.0274. The monoisotopic (exact) mass is 587 g/mol. The number of aromatic hydroxyl groups is 1. The van der Waals surface area contributed by atoms with Crippen molar-refractivity contribution in [2.24, 2.45) is 0 Å². The Morgan fingerprint density at radius 2 is 1.93 bits per heavy atom. The summed E-state index contributed by atoms with van der Waals surface area (Å²) < 4.78 is 20.2. The molecule has 5 amide bonds. The predicted molar refractivity (Wildman–Crippen MR) is 135 cm³/mol. The number of aromatic carboxylic acids is 1. The summed E-state index contributed by atoms with van der Waals surface area (Å²) in [7, 11) is -1.80. The number of nitrogens with zero attached hydrogens (tertiary/aromatic N) is 3. The first-order valence-electron chi connectivity index (χ1n) is 12.3. The molecule has 1 unspecified atom stereocenters. The van der Waals surface area contributed by atoms with Crippen LogP contribution in [0.4, 0.5) is 9.18 Å². The van der Waals surface area contributed by atoms with Crippen LogP contribution in [0, 0.1) is 5.82 Å². The molecule has 1 saturated heterocycles. The van der Waals surface area contributed by atoms with Gasteiger partial charge < -0.3 is 40.5 Å². The largest absolute Gasteiger partial charge is 0.547 e. The van der Waals surface area contributed by atoms with Gasteiger partial charge in [-0.3, -0.25) is 19.4 Å². The number of hydrogen-bond donors (Lipinski definition) is 6. The fraction of sp³-hybridized carbons (Fsp3) is 0.292. The molecule has 1 aromatic carbocycles. The number of carbonyl (C=O) groups excluding carboxylic acids is 4. The van der Waals surface area contributed by atoms with Crippen molar-refractivity contribution in [1.82, 2.24) is 25.4 Å². The lowest BCUT2D eigenvalue weighted by Crippen LogP contribution is -2.66. The Balaban J connectivity index is 1.64. The number of piperazine rings is 1. The van der Waals surface area contributed by atoms with Crippen LogP contribution in [0.15, 0.2) is 30.5 Å². The summed E-state index contributed by atoms with van der Waals surface area (Å²) in [6, 6.07) is -0.750. The lowest BCUT2D eigenvalue weighted by atomic mass is 9.72. The Morgan fingerprint density at radius 3 is 2.55 bits per heavy atom. The Hall–Kier alpha value is -5.26. The number of aliphatic carboxylic acids is 1. The molecule has 0 spiro atoms. The van der Waals surface area contributed by atoms with Crippen molar-refractivity contribution < 1.29 is 58.2 Å². The Kier molecular flexibility index (Phi) is 8.28. The molecule has 3 atom stereocenters. The molecule has 1 fully saturated rings. The van der Waals surface area contributed by atoms with Gasteiger partial charge in [-0.25, -0.2) is 23.7 Å². The summed E-state index contributed by atoms with van der Waals surface area (Å²) in [4.78, 5) is 79.7. The van der Waals surface area contributed by atoms with Gasteiger partial charge in [0, 0.05) is 12.6 Å². The zero-order valence-electron chi connectivity index (χ0n) is 21.7. The number of para-hydroxylation sites is 1. The summed E-state index contributed by atoms with van der Waals surface area (Å²) in [5.74, 6) is -10.2. The van der Waals surface area contributed by atoms with E-state index in [9.17, 15) is 53.5 Å². The molecule has 42 heavy (non-hydrogen) atoms. The van der Waals surface area contributed by atoms with E-state index in [4.69, 9.17) is 4.65 Å². The number of amides is 5. The van der Waals surface area contributed by atoms with Gasteiger partial charge in [-0.2, -0.15) is 0 Å². The third-order valence-electron chi connectivity index (χ3n) is 6.62. The number of urea groups is 1. The molecular weight excluding hydrogens is 564 g/mol. The first-order valence-corrected chi connectivity index (χ1v) is 12.3. The van der Waals surface area contributed by atoms with Crippen LogP contribution in [0.3, 0.4) is 0 Å². The number of aromatic nitrogens is 1. The van der Waals surface area contributed by atoms with Crippen molar-refractivity contribution in [2.75, 3.05) is 13.1 Å². The van der Waals surface area contributed by atoms with E-state index in [-0.39, 0.29) is 29.2 Å². The standard InChI is InChI=1S/C24H23BFN5O11/c1-2-30-9-14(23(38)39)31(21(35)20(30)34)24(40)29-17(16-13(26)7-11(32)8-27-16)19(33)28-15-6-10-4-3-5-12(22(36)37)18(10)42-25(15)41/h3-5,7-8,14-15,17,32,41H,2,6,9H2,1H3,(H,28,33)(H,29,40)(H,36,37)(H,38,39)/t14-,15+,17?/m1/s1. The van der Waals surface area contributed by atoms with E-state index in [1.807, 2.05) is 5.32 Å². The third-order valence-corrected chi connectivity index (χ3v) is 6.62. The van der Waals surface area contributed by atoms with Crippen LogP contribution in [0.5, 0.6) is 11.5 Å². The number of carbonyl (C=O) groups is 6. The summed E-state index contributed by atoms with van der Waals surface area (Å²) in [6.07, 6.45) is 0.588. The third kappa shape index (κ3) is 5.64. The zero-order valence-corrected chi connectivity index (χ0v) is 21.7. The van der Waals surface area contributed by atoms with Crippen LogP contribution in [-0.4, -0.2) is 103 Å². The van der Waals surface area contributed by atoms with Crippen LogP contribution in [0.25, 0.3) is 0 Å². The highest BCUT2D eigenvalue weighted by Gasteiger charge is 2.47. The van der Waals surface area contributed by atoms with Crippen molar-refractivity contribution in [3.05, 3.63) is 53.1 Å². The highest BCUT2D eigenvalue weighted by Crippen LogP contribution is 2.30. The molecule has 1 aromatic heterocycles. The van der Waals surface area contributed by atoms with E-state index >= 15 is 0 Å². The van der Waals surface area contributed by atoms with Crippen LogP contribution in [0.1, 0.15) is 34.6 Å². The smallest absolute Gasteiger partial charge is 0.534 e. The Labute approximate surface area is 235 Å². The normalized spacial score (nSPS) is 19.0. The highest BCUT2D eigenvalue weighted by molar-refractivity contribution is 6.47. The summed E-state index contributed by atoms with van der Waals surface area (Å²) in [6.45, 7) is 0.917. The van der Waals surface area contributed by atoms with Gasteiger partial charge in [-0.05, 0) is 25.0 Å². The maximum Gasteiger partial charge on any atom is 0.547 e. The summed E-state index contributed by atoms with van der Waals surface area (Å²) in [5.41, 5.74) is -0.717. The minimum atomic E-state index is -2.08. The first-order chi connectivity index (χ1) is 19.8. The SMILES string of the molecule is CCN1C[C@H](C(=O)O)N(C(=O)NC(C(=O)N[C@H]2Cc3cccc(C(=O)O)c3OB2O)c2ncc(O)cc2F)C(=O)C1=O. The highest BCUT2D eigenvalue weighted by atomic mass is 19.1. The number of benzene rings is 1. The number of halogens is 1. The molecule has 2 aliphatic heterocycles. The molecule has 0 aliphatic carbocycles. The van der Waals surface area contributed by atoms with Crippen molar-refractivity contribution >= 4 is 42.8 Å². The van der Waals surface area contributed by atoms with Crippen LogP contribution < -0.4 is 15.3 Å². The number of hydrogen-bond acceptors (Lipinski definition) is 10. The van der Waals surface area contributed by atoms with Crippen molar-refractivity contribution in [3.8, 4) is 11.5 Å². The second-order valence-corrected chi connectivity index (χ2v) is 9.24. The lowest BCUT2D eigenvalue weighted by Gasteiger charge is -2.37. The summed E-state index contributed by atoms with van der Waals surface area (Å²) >= 11 is 0. The van der Waals surface area contributed by atoms with Crippen molar-refractivity contribution in [2.45, 2.75) is 31.4 Å². The fourth-order valence-electron chi connectivity index (χ4n) is 4.53. The van der Waals surface area contributed by atoms with Crippen LogP contribution >= 0.6 is 0 Å². The van der Waals surface area contributed by atoms with Crippen molar-refractivity contribution in [3.63, 3.8) is 0 Å². The van der Waals surface area contributed by atoms with E-state index in [0.29, 0.717) is 11.6 Å². The molecule has 0 saturated carbocycles. The first kappa shape index (κ1) is 29.7.